The Labute approximate surface area is 119 Å². The Morgan fingerprint density at radius 1 is 1.16 bits per heavy atom. The summed E-state index contributed by atoms with van der Waals surface area (Å²) >= 11 is 0. The van der Waals surface area contributed by atoms with E-state index in [0.29, 0.717) is 11.5 Å². The van der Waals surface area contributed by atoms with Crippen LogP contribution in [0.1, 0.15) is 52.4 Å². The molecular weight excluding hydrogens is 234 g/mol. The van der Waals surface area contributed by atoms with Crippen molar-refractivity contribution in [2.75, 3.05) is 33.7 Å². The lowest BCUT2D eigenvalue weighted by molar-refractivity contribution is -0.0661. The molecule has 3 heteroatoms. The van der Waals surface area contributed by atoms with Gasteiger partial charge in [-0.3, -0.25) is 4.90 Å². The summed E-state index contributed by atoms with van der Waals surface area (Å²) in [4.78, 5) is 5.15. The maximum absolute atomic E-state index is 6.31. The molecule has 0 amide bonds. The molecule has 2 unspecified atom stereocenters. The van der Waals surface area contributed by atoms with Crippen LogP contribution in [0.4, 0.5) is 0 Å². The standard InChI is InChI=1S/C16H33N3/c1-15(2)9-5-6-10-16(15,13-17)19-11-7-8-14(12-19)18(3)4/h14H,5-13,17H2,1-4H3. The molecule has 0 aromatic rings. The predicted molar refractivity (Wildman–Crippen MR) is 82.3 cm³/mol. The van der Waals surface area contributed by atoms with Gasteiger partial charge in [0.25, 0.3) is 0 Å². The Balaban J connectivity index is 2.20. The van der Waals surface area contributed by atoms with Gasteiger partial charge in [-0.1, -0.05) is 26.7 Å². The fourth-order valence-electron chi connectivity index (χ4n) is 4.41. The summed E-state index contributed by atoms with van der Waals surface area (Å²) in [6.07, 6.45) is 8.00. The van der Waals surface area contributed by atoms with E-state index in [0.717, 1.165) is 6.54 Å². The lowest BCUT2D eigenvalue weighted by atomic mass is 9.61. The second kappa shape index (κ2) is 5.71. The topological polar surface area (TPSA) is 32.5 Å². The fourth-order valence-corrected chi connectivity index (χ4v) is 4.41. The van der Waals surface area contributed by atoms with E-state index in [1.54, 1.807) is 0 Å². The van der Waals surface area contributed by atoms with Gasteiger partial charge in [0.1, 0.15) is 0 Å². The van der Waals surface area contributed by atoms with Gasteiger partial charge in [0.15, 0.2) is 0 Å². The van der Waals surface area contributed by atoms with E-state index in [2.05, 4.69) is 37.7 Å². The number of piperidine rings is 1. The van der Waals surface area contributed by atoms with E-state index in [-0.39, 0.29) is 5.54 Å². The summed E-state index contributed by atoms with van der Waals surface area (Å²) in [5.74, 6) is 0. The maximum atomic E-state index is 6.31. The number of nitrogens with two attached hydrogens (primary N) is 1. The Kier molecular flexibility index (Phi) is 4.59. The number of likely N-dealkylation sites (N-methyl/N-ethyl adjacent to an activating group) is 1. The van der Waals surface area contributed by atoms with Crippen molar-refractivity contribution in [3.8, 4) is 0 Å². The van der Waals surface area contributed by atoms with E-state index in [4.69, 9.17) is 5.73 Å². The highest BCUT2D eigenvalue weighted by Crippen LogP contribution is 2.47. The molecule has 1 aliphatic carbocycles. The van der Waals surface area contributed by atoms with E-state index in [9.17, 15) is 0 Å². The summed E-state index contributed by atoms with van der Waals surface area (Å²) in [5, 5.41) is 0. The molecule has 0 aromatic carbocycles. The highest BCUT2D eigenvalue weighted by Gasteiger charge is 2.50. The highest BCUT2D eigenvalue weighted by atomic mass is 15.3. The van der Waals surface area contributed by atoms with Crippen LogP contribution in [0.3, 0.4) is 0 Å². The summed E-state index contributed by atoms with van der Waals surface area (Å²) in [6.45, 7) is 8.15. The van der Waals surface area contributed by atoms with Crippen LogP contribution in [0.25, 0.3) is 0 Å². The zero-order chi connectivity index (χ0) is 14.1. The molecule has 1 aliphatic heterocycles. The molecule has 2 N–H and O–H groups in total. The summed E-state index contributed by atoms with van der Waals surface area (Å²) in [7, 11) is 4.44. The van der Waals surface area contributed by atoms with E-state index < -0.39 is 0 Å². The number of likely N-dealkylation sites (tertiary alicyclic amines) is 1. The van der Waals surface area contributed by atoms with Gasteiger partial charge in [-0.05, 0) is 51.7 Å². The van der Waals surface area contributed by atoms with E-state index in [1.165, 1.54) is 51.6 Å². The molecular formula is C16H33N3. The van der Waals surface area contributed by atoms with Crippen molar-refractivity contribution in [1.82, 2.24) is 9.80 Å². The minimum atomic E-state index is 0.236. The van der Waals surface area contributed by atoms with Gasteiger partial charge < -0.3 is 10.6 Å². The molecule has 0 spiro atoms. The van der Waals surface area contributed by atoms with Crippen LogP contribution in [0.5, 0.6) is 0 Å². The lowest BCUT2D eigenvalue weighted by Gasteiger charge is -2.58. The van der Waals surface area contributed by atoms with Crippen LogP contribution in [-0.4, -0.2) is 55.1 Å². The summed E-state index contributed by atoms with van der Waals surface area (Å²) < 4.78 is 0. The molecule has 1 saturated carbocycles. The average molecular weight is 267 g/mol. The van der Waals surface area contributed by atoms with Crippen LogP contribution < -0.4 is 5.73 Å². The van der Waals surface area contributed by atoms with Crippen molar-refractivity contribution in [3.05, 3.63) is 0 Å². The zero-order valence-electron chi connectivity index (χ0n) is 13.4. The van der Waals surface area contributed by atoms with E-state index >= 15 is 0 Å². The van der Waals surface area contributed by atoms with Crippen LogP contribution in [-0.2, 0) is 0 Å². The maximum Gasteiger partial charge on any atom is 0.0383 e. The van der Waals surface area contributed by atoms with Crippen molar-refractivity contribution in [3.63, 3.8) is 0 Å². The third-order valence-corrected chi connectivity index (χ3v) is 5.97. The monoisotopic (exact) mass is 267 g/mol. The molecule has 112 valence electrons. The van der Waals surface area contributed by atoms with Crippen molar-refractivity contribution in [1.29, 1.82) is 0 Å². The number of nitrogens with zero attached hydrogens (tertiary/aromatic N) is 2. The van der Waals surface area contributed by atoms with Crippen molar-refractivity contribution < 1.29 is 0 Å². The summed E-state index contributed by atoms with van der Waals surface area (Å²) in [6, 6.07) is 0.704. The smallest absolute Gasteiger partial charge is 0.0383 e. The number of rotatable bonds is 3. The molecule has 19 heavy (non-hydrogen) atoms. The largest absolute Gasteiger partial charge is 0.329 e. The third-order valence-electron chi connectivity index (χ3n) is 5.97. The van der Waals surface area contributed by atoms with Gasteiger partial charge in [0.05, 0.1) is 0 Å². The van der Waals surface area contributed by atoms with Crippen LogP contribution in [0.2, 0.25) is 0 Å². The minimum Gasteiger partial charge on any atom is -0.329 e. The molecule has 3 nitrogen and oxygen atoms in total. The first-order valence-electron chi connectivity index (χ1n) is 8.04. The molecule has 2 rings (SSSR count). The molecule has 1 heterocycles. The van der Waals surface area contributed by atoms with Gasteiger partial charge in [0, 0.05) is 24.7 Å². The normalized spacial score (nSPS) is 36.6. The first-order chi connectivity index (χ1) is 8.93. The molecule has 0 bridgehead atoms. The fraction of sp³-hybridized carbons (Fsp3) is 1.00. The number of hydrogen-bond acceptors (Lipinski definition) is 3. The first-order valence-corrected chi connectivity index (χ1v) is 8.04. The van der Waals surface area contributed by atoms with Gasteiger partial charge in [-0.25, -0.2) is 0 Å². The summed E-state index contributed by atoms with van der Waals surface area (Å²) in [5.41, 5.74) is 6.90. The Morgan fingerprint density at radius 2 is 1.84 bits per heavy atom. The second-order valence-electron chi connectivity index (χ2n) is 7.53. The van der Waals surface area contributed by atoms with E-state index in [1.807, 2.05) is 0 Å². The van der Waals surface area contributed by atoms with Crippen LogP contribution in [0, 0.1) is 5.41 Å². The second-order valence-corrected chi connectivity index (χ2v) is 7.53. The Morgan fingerprint density at radius 3 is 2.42 bits per heavy atom. The van der Waals surface area contributed by atoms with Crippen molar-refractivity contribution >= 4 is 0 Å². The highest BCUT2D eigenvalue weighted by molar-refractivity contribution is 5.06. The Hall–Kier alpha value is -0.120. The molecule has 0 aromatic heterocycles. The van der Waals surface area contributed by atoms with Crippen LogP contribution >= 0.6 is 0 Å². The third kappa shape index (κ3) is 2.70. The van der Waals surface area contributed by atoms with Gasteiger partial charge in [-0.2, -0.15) is 0 Å². The number of hydrogen-bond donors (Lipinski definition) is 1. The Bertz CT molecular complexity index is 300. The van der Waals surface area contributed by atoms with Gasteiger partial charge >= 0.3 is 0 Å². The quantitative estimate of drug-likeness (QED) is 0.852. The van der Waals surface area contributed by atoms with Crippen molar-refractivity contribution in [2.45, 2.75) is 64.0 Å². The molecule has 2 atom stereocenters. The minimum absolute atomic E-state index is 0.236. The average Bonchev–Trinajstić information content (AvgIpc) is 2.39. The lowest BCUT2D eigenvalue weighted by Crippen LogP contribution is -2.66. The molecule has 1 saturated heterocycles. The molecule has 0 radical (unpaired) electrons. The van der Waals surface area contributed by atoms with Crippen molar-refractivity contribution in [2.24, 2.45) is 11.1 Å². The van der Waals surface area contributed by atoms with Crippen LogP contribution in [0.15, 0.2) is 0 Å². The predicted octanol–water partition coefficient (Wildman–Crippen LogP) is 2.31. The zero-order valence-corrected chi connectivity index (χ0v) is 13.4. The molecule has 2 fully saturated rings. The van der Waals surface area contributed by atoms with Gasteiger partial charge in [-0.15, -0.1) is 0 Å². The molecule has 2 aliphatic rings. The van der Waals surface area contributed by atoms with Gasteiger partial charge in [0.2, 0.25) is 0 Å². The SMILES string of the molecule is CN(C)C1CCCN(C2(CN)CCCCC2(C)C)C1. The first kappa shape index (κ1) is 15.3.